The van der Waals surface area contributed by atoms with Crippen molar-refractivity contribution in [2.45, 2.75) is 32.8 Å². The molecule has 0 aliphatic carbocycles. The molecule has 0 unspecified atom stereocenters. The van der Waals surface area contributed by atoms with Crippen molar-refractivity contribution < 1.29 is 19.4 Å². The number of hydrogen-bond acceptors (Lipinski definition) is 4. The largest absolute Gasteiger partial charge is 0.480 e. The van der Waals surface area contributed by atoms with Crippen LogP contribution in [0, 0.1) is 13.8 Å². The van der Waals surface area contributed by atoms with Gasteiger partial charge >= 0.3 is 5.97 Å². The van der Waals surface area contributed by atoms with E-state index < -0.39 is 5.97 Å². The van der Waals surface area contributed by atoms with Crippen molar-refractivity contribution in [3.05, 3.63) is 29.1 Å². The maximum Gasteiger partial charge on any atom is 0.329 e. The van der Waals surface area contributed by atoms with Crippen LogP contribution in [0.1, 0.15) is 34.6 Å². The Labute approximate surface area is 123 Å². The fourth-order valence-electron chi connectivity index (χ4n) is 2.50. The van der Waals surface area contributed by atoms with Crippen LogP contribution in [0.5, 0.6) is 0 Å². The highest BCUT2D eigenvalue weighted by atomic mass is 16.5. The highest BCUT2D eigenvalue weighted by Gasteiger charge is 2.25. The van der Waals surface area contributed by atoms with Crippen LogP contribution < -0.4 is 0 Å². The van der Waals surface area contributed by atoms with Gasteiger partial charge in [0, 0.05) is 18.8 Å². The van der Waals surface area contributed by atoms with Gasteiger partial charge in [-0.15, -0.1) is 0 Å². The van der Waals surface area contributed by atoms with E-state index in [1.54, 1.807) is 4.90 Å². The lowest BCUT2D eigenvalue weighted by molar-refractivity contribution is -0.145. The molecule has 1 amide bonds. The summed E-state index contributed by atoms with van der Waals surface area (Å²) in [7, 11) is 0. The molecule has 2 heterocycles. The van der Waals surface area contributed by atoms with E-state index in [9.17, 15) is 9.59 Å². The first-order valence-electron chi connectivity index (χ1n) is 7.04. The van der Waals surface area contributed by atoms with Crippen LogP contribution in [0.15, 0.2) is 12.1 Å². The van der Waals surface area contributed by atoms with Gasteiger partial charge in [0.2, 0.25) is 0 Å². The molecule has 1 N–H and O–H groups in total. The van der Waals surface area contributed by atoms with E-state index in [0.29, 0.717) is 31.5 Å². The van der Waals surface area contributed by atoms with Crippen LogP contribution in [0.4, 0.5) is 0 Å². The van der Waals surface area contributed by atoms with Crippen molar-refractivity contribution in [1.29, 1.82) is 0 Å². The highest BCUT2D eigenvalue weighted by Crippen LogP contribution is 2.17. The van der Waals surface area contributed by atoms with Crippen LogP contribution in [0.25, 0.3) is 0 Å². The molecule has 0 bridgehead atoms. The summed E-state index contributed by atoms with van der Waals surface area (Å²) < 4.78 is 5.27. The van der Waals surface area contributed by atoms with Gasteiger partial charge in [-0.2, -0.15) is 0 Å². The molecule has 0 atom stereocenters. The average Bonchev–Trinajstić information content (AvgIpc) is 2.45. The van der Waals surface area contributed by atoms with Gasteiger partial charge in [0.25, 0.3) is 5.91 Å². The summed E-state index contributed by atoms with van der Waals surface area (Å²) in [5.74, 6) is -0.980. The zero-order valence-electron chi connectivity index (χ0n) is 12.3. The van der Waals surface area contributed by atoms with Crippen molar-refractivity contribution in [2.24, 2.45) is 0 Å². The SMILES string of the molecule is Cc1ccc(C(=O)N2CCC(OCC(=O)O)CC2)c(C)n1. The first-order chi connectivity index (χ1) is 9.97. The van der Waals surface area contributed by atoms with Gasteiger partial charge in [0.15, 0.2) is 0 Å². The molecular weight excluding hydrogens is 272 g/mol. The molecule has 0 spiro atoms. The summed E-state index contributed by atoms with van der Waals surface area (Å²) >= 11 is 0. The number of carboxylic acids is 1. The summed E-state index contributed by atoms with van der Waals surface area (Å²) in [4.78, 5) is 29.0. The minimum atomic E-state index is -0.963. The topological polar surface area (TPSA) is 79.7 Å². The Morgan fingerprint density at radius 2 is 2.00 bits per heavy atom. The Kier molecular flexibility index (Phi) is 4.90. The second-order valence-corrected chi connectivity index (χ2v) is 5.28. The van der Waals surface area contributed by atoms with Crippen LogP contribution in [-0.2, 0) is 9.53 Å². The fourth-order valence-corrected chi connectivity index (χ4v) is 2.50. The highest BCUT2D eigenvalue weighted by molar-refractivity contribution is 5.95. The smallest absolute Gasteiger partial charge is 0.329 e. The number of nitrogens with zero attached hydrogens (tertiary/aromatic N) is 2. The van der Waals surface area contributed by atoms with Gasteiger partial charge in [-0.25, -0.2) is 4.79 Å². The first-order valence-corrected chi connectivity index (χ1v) is 7.04. The molecule has 1 aliphatic heterocycles. The molecule has 1 fully saturated rings. The van der Waals surface area contributed by atoms with Crippen molar-refractivity contribution in [3.63, 3.8) is 0 Å². The maximum atomic E-state index is 12.5. The molecule has 1 aliphatic rings. The van der Waals surface area contributed by atoms with Gasteiger partial charge in [-0.05, 0) is 38.8 Å². The van der Waals surface area contributed by atoms with Crippen molar-refractivity contribution in [1.82, 2.24) is 9.88 Å². The molecule has 6 nitrogen and oxygen atoms in total. The standard InChI is InChI=1S/C15H20N2O4/c1-10-3-4-13(11(2)16-10)15(20)17-7-5-12(6-8-17)21-9-14(18)19/h3-4,12H,5-9H2,1-2H3,(H,18,19). The zero-order valence-corrected chi connectivity index (χ0v) is 12.3. The Bertz CT molecular complexity index is 536. The van der Waals surface area contributed by atoms with Crippen molar-refractivity contribution >= 4 is 11.9 Å². The molecule has 21 heavy (non-hydrogen) atoms. The molecule has 0 aromatic carbocycles. The molecule has 0 radical (unpaired) electrons. The normalized spacial score (nSPS) is 16.0. The predicted molar refractivity (Wildman–Crippen MR) is 76.2 cm³/mol. The molecule has 6 heteroatoms. The number of likely N-dealkylation sites (tertiary alicyclic amines) is 1. The quantitative estimate of drug-likeness (QED) is 0.907. The zero-order chi connectivity index (χ0) is 15.4. The third kappa shape index (κ3) is 4.01. The van der Waals surface area contributed by atoms with Crippen LogP contribution in [-0.4, -0.2) is 52.7 Å². The number of pyridine rings is 1. The van der Waals surface area contributed by atoms with Crippen molar-refractivity contribution in [2.75, 3.05) is 19.7 Å². The summed E-state index contributed by atoms with van der Waals surface area (Å²) in [5, 5.41) is 8.59. The Morgan fingerprint density at radius 1 is 1.33 bits per heavy atom. The van der Waals surface area contributed by atoms with Crippen molar-refractivity contribution in [3.8, 4) is 0 Å². The molecule has 1 aromatic heterocycles. The van der Waals surface area contributed by atoms with E-state index in [1.807, 2.05) is 26.0 Å². The number of piperidine rings is 1. The fraction of sp³-hybridized carbons (Fsp3) is 0.533. The predicted octanol–water partition coefficient (Wildman–Crippen LogP) is 1.40. The van der Waals surface area contributed by atoms with Crippen LogP contribution in [0.2, 0.25) is 0 Å². The lowest BCUT2D eigenvalue weighted by Crippen LogP contribution is -2.41. The lowest BCUT2D eigenvalue weighted by atomic mass is 10.1. The Balaban J connectivity index is 1.92. The van der Waals surface area contributed by atoms with Crippen LogP contribution in [0.3, 0.4) is 0 Å². The number of carbonyl (C=O) groups excluding carboxylic acids is 1. The number of carbonyl (C=O) groups is 2. The Hall–Kier alpha value is -1.95. The number of aliphatic carboxylic acids is 1. The number of rotatable bonds is 4. The second-order valence-electron chi connectivity index (χ2n) is 5.28. The molecule has 1 aromatic rings. The third-order valence-electron chi connectivity index (χ3n) is 3.63. The monoisotopic (exact) mass is 292 g/mol. The molecule has 1 saturated heterocycles. The van der Waals surface area contributed by atoms with Gasteiger partial charge in [0.1, 0.15) is 6.61 Å². The van der Waals surface area contributed by atoms with E-state index in [4.69, 9.17) is 9.84 Å². The Morgan fingerprint density at radius 3 is 2.57 bits per heavy atom. The number of aryl methyl sites for hydroxylation is 2. The van der Waals surface area contributed by atoms with E-state index >= 15 is 0 Å². The maximum absolute atomic E-state index is 12.5. The molecule has 114 valence electrons. The molecule has 0 saturated carbocycles. The molecular formula is C15H20N2O4. The van der Waals surface area contributed by atoms with Gasteiger partial charge in [-0.1, -0.05) is 0 Å². The van der Waals surface area contributed by atoms with E-state index in [0.717, 1.165) is 11.4 Å². The summed E-state index contributed by atoms with van der Waals surface area (Å²) in [6, 6.07) is 3.65. The number of carboxylic acid groups (broad SMARTS) is 1. The van der Waals surface area contributed by atoms with Gasteiger partial charge in [-0.3, -0.25) is 9.78 Å². The van der Waals surface area contributed by atoms with Gasteiger partial charge < -0.3 is 14.7 Å². The average molecular weight is 292 g/mol. The van der Waals surface area contributed by atoms with Gasteiger partial charge in [0.05, 0.1) is 17.4 Å². The number of amides is 1. The second kappa shape index (κ2) is 6.67. The van der Waals surface area contributed by atoms with Crippen LogP contribution >= 0.6 is 0 Å². The third-order valence-corrected chi connectivity index (χ3v) is 3.63. The molecule has 2 rings (SSSR count). The summed E-state index contributed by atoms with van der Waals surface area (Å²) in [5.41, 5.74) is 2.26. The van der Waals surface area contributed by atoms with E-state index in [1.165, 1.54) is 0 Å². The minimum absolute atomic E-state index is 0.0170. The number of ether oxygens (including phenoxy) is 1. The number of aromatic nitrogens is 1. The number of hydrogen-bond donors (Lipinski definition) is 1. The summed E-state index contributed by atoms with van der Waals surface area (Å²) in [6.45, 7) is 4.61. The summed E-state index contributed by atoms with van der Waals surface area (Å²) in [6.07, 6.45) is 1.25. The minimum Gasteiger partial charge on any atom is -0.480 e. The first kappa shape index (κ1) is 15.4. The lowest BCUT2D eigenvalue weighted by Gasteiger charge is -2.32. The van der Waals surface area contributed by atoms with E-state index in [-0.39, 0.29) is 18.6 Å². The van der Waals surface area contributed by atoms with E-state index in [2.05, 4.69) is 4.98 Å².